The van der Waals surface area contributed by atoms with Crippen molar-refractivity contribution in [1.82, 2.24) is 9.97 Å². The Balaban J connectivity index is 1.23. The fraction of sp³-hybridized carbons (Fsp3) is 0.300. The minimum atomic E-state index is -0.414. The third-order valence-corrected chi connectivity index (χ3v) is 7.09. The van der Waals surface area contributed by atoms with Gasteiger partial charge in [-0.3, -0.25) is 4.79 Å². The highest BCUT2D eigenvalue weighted by Crippen LogP contribution is 2.35. The molecule has 1 aliphatic carbocycles. The highest BCUT2D eigenvalue weighted by atomic mass is 19.1. The average molecular weight is 512 g/mol. The lowest BCUT2D eigenvalue weighted by molar-refractivity contribution is 0.102. The van der Waals surface area contributed by atoms with Crippen molar-refractivity contribution >= 4 is 34.0 Å². The highest BCUT2D eigenvalue weighted by Gasteiger charge is 2.21. The number of benzene rings is 3. The maximum Gasteiger partial charge on any atom is 0.255 e. The molecule has 8 heteroatoms. The number of carbonyl (C=O) groups excluding carboxylic acids is 1. The van der Waals surface area contributed by atoms with Crippen LogP contribution in [0, 0.1) is 11.7 Å². The van der Waals surface area contributed by atoms with Crippen LogP contribution in [0.2, 0.25) is 0 Å². The maximum atomic E-state index is 14.5. The van der Waals surface area contributed by atoms with Gasteiger partial charge < -0.3 is 20.3 Å². The predicted molar refractivity (Wildman–Crippen MR) is 148 cm³/mol. The van der Waals surface area contributed by atoms with Crippen molar-refractivity contribution in [3.05, 3.63) is 78.2 Å². The first-order valence-corrected chi connectivity index (χ1v) is 13.3. The first kappa shape index (κ1) is 24.2. The molecule has 1 amide bonds. The van der Waals surface area contributed by atoms with E-state index in [4.69, 9.17) is 4.74 Å². The van der Waals surface area contributed by atoms with E-state index in [1.54, 1.807) is 24.4 Å². The number of piperidine rings is 1. The second-order valence-corrected chi connectivity index (χ2v) is 10.0. The lowest BCUT2D eigenvalue weighted by Crippen LogP contribution is -2.29. The number of fused-ring (bicyclic) bond motifs is 1. The van der Waals surface area contributed by atoms with Gasteiger partial charge in [0.25, 0.3) is 5.91 Å². The number of anilines is 3. The number of nitrogens with one attached hydrogen (secondary N) is 2. The molecule has 2 heterocycles. The molecular weight excluding hydrogens is 481 g/mol. The van der Waals surface area contributed by atoms with Crippen molar-refractivity contribution in [2.75, 3.05) is 35.2 Å². The summed E-state index contributed by atoms with van der Waals surface area (Å²) in [5.74, 6) is 1.53. The van der Waals surface area contributed by atoms with E-state index < -0.39 is 5.82 Å². The summed E-state index contributed by atoms with van der Waals surface area (Å²) in [4.78, 5) is 24.1. The predicted octanol–water partition coefficient (Wildman–Crippen LogP) is 6.63. The number of hydrogen-bond acceptors (Lipinski definition) is 6. The van der Waals surface area contributed by atoms with Gasteiger partial charge in [-0.2, -0.15) is 4.98 Å². The second kappa shape index (κ2) is 10.7. The van der Waals surface area contributed by atoms with E-state index in [0.717, 1.165) is 48.9 Å². The Hall–Kier alpha value is -4.20. The standard InChI is InChI=1S/C30H30FN5O2/c31-22-16-21(17-23(18-22)36-14-4-1-5-15-36)29(37)34-26-10-11-27(25-7-3-2-6-24(25)26)38-28-12-13-32-30(35-28)33-19-20-8-9-20/h2-3,6-7,10-13,16-18,20H,1,4-5,8-9,14-15,19H2,(H,34,37)(H,32,33,35). The van der Waals surface area contributed by atoms with Crippen LogP contribution in [0.3, 0.4) is 0 Å². The molecule has 1 aliphatic heterocycles. The zero-order valence-corrected chi connectivity index (χ0v) is 21.1. The fourth-order valence-corrected chi connectivity index (χ4v) is 4.86. The molecule has 2 aliphatic rings. The Morgan fingerprint density at radius 3 is 2.63 bits per heavy atom. The molecule has 2 N–H and O–H groups in total. The van der Waals surface area contributed by atoms with Gasteiger partial charge in [0.05, 0.1) is 0 Å². The smallest absolute Gasteiger partial charge is 0.255 e. The Morgan fingerprint density at radius 2 is 1.82 bits per heavy atom. The molecule has 0 spiro atoms. The zero-order valence-electron chi connectivity index (χ0n) is 21.1. The zero-order chi connectivity index (χ0) is 25.9. The molecule has 1 saturated heterocycles. The molecule has 7 nitrogen and oxygen atoms in total. The third kappa shape index (κ3) is 5.54. The Bertz CT molecular complexity index is 1470. The summed E-state index contributed by atoms with van der Waals surface area (Å²) in [5, 5.41) is 7.88. The van der Waals surface area contributed by atoms with Crippen LogP contribution in [0.15, 0.2) is 66.9 Å². The molecule has 3 aromatic carbocycles. The van der Waals surface area contributed by atoms with E-state index in [-0.39, 0.29) is 5.91 Å². The van der Waals surface area contributed by atoms with E-state index in [0.29, 0.717) is 34.7 Å². The first-order chi connectivity index (χ1) is 18.6. The number of amides is 1. The summed E-state index contributed by atoms with van der Waals surface area (Å²) in [5.41, 5.74) is 1.66. The molecule has 0 unspecified atom stereocenters. The van der Waals surface area contributed by atoms with Crippen LogP contribution >= 0.6 is 0 Å². The van der Waals surface area contributed by atoms with Gasteiger partial charge in [0.1, 0.15) is 11.6 Å². The van der Waals surface area contributed by atoms with Crippen molar-refractivity contribution in [3.8, 4) is 11.6 Å². The summed E-state index contributed by atoms with van der Waals surface area (Å²) in [6.07, 6.45) is 7.50. The van der Waals surface area contributed by atoms with Crippen LogP contribution < -0.4 is 20.3 Å². The summed E-state index contributed by atoms with van der Waals surface area (Å²) < 4.78 is 20.6. The summed E-state index contributed by atoms with van der Waals surface area (Å²) >= 11 is 0. The Morgan fingerprint density at radius 1 is 1.00 bits per heavy atom. The minimum Gasteiger partial charge on any atom is -0.438 e. The van der Waals surface area contributed by atoms with Gasteiger partial charge in [-0.1, -0.05) is 24.3 Å². The quantitative estimate of drug-likeness (QED) is 0.277. The molecule has 194 valence electrons. The van der Waals surface area contributed by atoms with Crippen LogP contribution in [-0.2, 0) is 0 Å². The SMILES string of the molecule is O=C(Nc1ccc(Oc2ccnc(NCC3CC3)n2)c2ccccc12)c1cc(F)cc(N2CCCCC2)c1. The topological polar surface area (TPSA) is 79.4 Å². The van der Waals surface area contributed by atoms with Gasteiger partial charge in [-0.15, -0.1) is 0 Å². The van der Waals surface area contributed by atoms with E-state index >= 15 is 0 Å². The number of hydrogen-bond donors (Lipinski definition) is 2. The lowest BCUT2D eigenvalue weighted by Gasteiger charge is -2.29. The molecule has 0 atom stereocenters. The normalized spacial score (nSPS) is 15.3. The molecule has 0 bridgehead atoms. The molecule has 1 aromatic heterocycles. The molecule has 2 fully saturated rings. The van der Waals surface area contributed by atoms with E-state index in [1.165, 1.54) is 31.4 Å². The van der Waals surface area contributed by atoms with Gasteiger partial charge >= 0.3 is 0 Å². The monoisotopic (exact) mass is 511 g/mol. The van der Waals surface area contributed by atoms with Gasteiger partial charge in [0.2, 0.25) is 11.8 Å². The summed E-state index contributed by atoms with van der Waals surface area (Å²) in [7, 11) is 0. The van der Waals surface area contributed by atoms with Crippen LogP contribution in [-0.4, -0.2) is 35.5 Å². The Kier molecular flexibility index (Phi) is 6.77. The summed E-state index contributed by atoms with van der Waals surface area (Å²) in [6.45, 7) is 2.62. The first-order valence-electron chi connectivity index (χ1n) is 13.3. The number of rotatable bonds is 8. The third-order valence-electron chi connectivity index (χ3n) is 7.09. The van der Waals surface area contributed by atoms with Gasteiger partial charge in [-0.25, -0.2) is 9.37 Å². The Labute approximate surface area is 221 Å². The van der Waals surface area contributed by atoms with E-state index in [2.05, 4.69) is 25.5 Å². The fourth-order valence-electron chi connectivity index (χ4n) is 4.86. The number of ether oxygens (including phenoxy) is 1. The highest BCUT2D eigenvalue weighted by molar-refractivity contribution is 6.10. The number of carbonyl (C=O) groups is 1. The molecular formula is C30H30FN5O2. The van der Waals surface area contributed by atoms with Gasteiger partial charge in [0, 0.05) is 59.6 Å². The number of halogens is 1. The number of nitrogens with zero attached hydrogens (tertiary/aromatic N) is 3. The van der Waals surface area contributed by atoms with E-state index in [9.17, 15) is 9.18 Å². The van der Waals surface area contributed by atoms with Crippen LogP contribution in [0.1, 0.15) is 42.5 Å². The molecule has 38 heavy (non-hydrogen) atoms. The van der Waals surface area contributed by atoms with Crippen LogP contribution in [0.25, 0.3) is 10.8 Å². The van der Waals surface area contributed by atoms with Crippen molar-refractivity contribution in [3.63, 3.8) is 0 Å². The van der Waals surface area contributed by atoms with Crippen LogP contribution in [0.4, 0.5) is 21.7 Å². The lowest BCUT2D eigenvalue weighted by atomic mass is 10.1. The van der Waals surface area contributed by atoms with Crippen molar-refractivity contribution in [1.29, 1.82) is 0 Å². The summed E-state index contributed by atoms with van der Waals surface area (Å²) in [6, 6.07) is 17.6. The van der Waals surface area contributed by atoms with Crippen molar-refractivity contribution in [2.45, 2.75) is 32.1 Å². The van der Waals surface area contributed by atoms with Gasteiger partial charge in [0.15, 0.2) is 0 Å². The van der Waals surface area contributed by atoms with E-state index in [1.807, 2.05) is 30.3 Å². The van der Waals surface area contributed by atoms with Crippen LogP contribution in [0.5, 0.6) is 11.6 Å². The molecule has 6 rings (SSSR count). The minimum absolute atomic E-state index is 0.294. The number of aromatic nitrogens is 2. The van der Waals surface area contributed by atoms with Crippen molar-refractivity contribution in [2.24, 2.45) is 5.92 Å². The maximum absolute atomic E-state index is 14.5. The van der Waals surface area contributed by atoms with Gasteiger partial charge in [-0.05, 0) is 68.4 Å². The average Bonchev–Trinajstić information content (AvgIpc) is 3.78. The molecule has 0 radical (unpaired) electrons. The second-order valence-electron chi connectivity index (χ2n) is 10.0. The molecule has 1 saturated carbocycles. The largest absolute Gasteiger partial charge is 0.438 e. The van der Waals surface area contributed by atoms with Crippen molar-refractivity contribution < 1.29 is 13.9 Å². The molecule has 4 aromatic rings.